The lowest BCUT2D eigenvalue weighted by atomic mass is 10.1. The molecule has 0 aliphatic heterocycles. The lowest BCUT2D eigenvalue weighted by Gasteiger charge is -2.06. The average molecular weight is 302 g/mol. The van der Waals surface area contributed by atoms with Gasteiger partial charge in [0.2, 0.25) is 0 Å². The molecule has 0 bridgehead atoms. The maximum Gasteiger partial charge on any atom is 0.316 e. The van der Waals surface area contributed by atoms with E-state index in [0.717, 1.165) is 0 Å². The van der Waals surface area contributed by atoms with Crippen molar-refractivity contribution in [2.24, 2.45) is 5.92 Å². The summed E-state index contributed by atoms with van der Waals surface area (Å²) in [5.74, 6) is -1.91. The zero-order valence-electron chi connectivity index (χ0n) is 13.6. The first-order valence-electron chi connectivity index (χ1n) is 7.30. The lowest BCUT2D eigenvalue weighted by Crippen LogP contribution is -2.18. The first-order valence-corrected chi connectivity index (χ1v) is 7.30. The summed E-state index contributed by atoms with van der Waals surface area (Å²) in [7, 11) is 0. The van der Waals surface area contributed by atoms with E-state index in [4.69, 9.17) is 0 Å². The molecule has 0 rings (SSSR count). The summed E-state index contributed by atoms with van der Waals surface area (Å²) in [5, 5.41) is 0. The largest absolute Gasteiger partial charge is 0.393 e. The fraction of sp³-hybridized carbons (Fsp3) is 0.733. The van der Waals surface area contributed by atoms with Crippen LogP contribution in [0.5, 0.6) is 0 Å². The number of carbonyl (C=O) groups is 4. The van der Waals surface area contributed by atoms with E-state index >= 15 is 0 Å². The summed E-state index contributed by atoms with van der Waals surface area (Å²) in [6, 6.07) is 0. The van der Waals surface area contributed by atoms with Gasteiger partial charge in [-0.3, -0.25) is 19.2 Å². The SMILES string of the molecule is CCC(=O)OC(=O)CC.CCCC(=O)OC(=O)C(C)CC. The Morgan fingerprint density at radius 1 is 0.810 bits per heavy atom. The Hall–Kier alpha value is -1.72. The average Bonchev–Trinajstić information content (AvgIpc) is 2.46. The van der Waals surface area contributed by atoms with Crippen LogP contribution in [0.15, 0.2) is 0 Å². The summed E-state index contributed by atoms with van der Waals surface area (Å²) in [4.78, 5) is 42.5. The van der Waals surface area contributed by atoms with Crippen LogP contribution in [-0.4, -0.2) is 23.9 Å². The Kier molecular flexibility index (Phi) is 13.6. The van der Waals surface area contributed by atoms with Crippen LogP contribution in [0.1, 0.15) is 66.7 Å². The van der Waals surface area contributed by atoms with Crippen molar-refractivity contribution in [2.75, 3.05) is 0 Å². The maximum absolute atomic E-state index is 11.0. The van der Waals surface area contributed by atoms with Crippen molar-refractivity contribution in [3.63, 3.8) is 0 Å². The van der Waals surface area contributed by atoms with E-state index in [1.54, 1.807) is 20.8 Å². The summed E-state index contributed by atoms with van der Waals surface area (Å²) < 4.78 is 8.84. The van der Waals surface area contributed by atoms with E-state index in [2.05, 4.69) is 9.47 Å². The summed E-state index contributed by atoms with van der Waals surface area (Å²) in [5.41, 5.74) is 0. The maximum atomic E-state index is 11.0. The third-order valence-corrected chi connectivity index (χ3v) is 2.49. The molecule has 6 heteroatoms. The van der Waals surface area contributed by atoms with Crippen molar-refractivity contribution >= 4 is 23.9 Å². The molecule has 0 aromatic rings. The molecule has 122 valence electrons. The molecule has 0 aliphatic rings. The molecular weight excluding hydrogens is 276 g/mol. The molecule has 0 aromatic heterocycles. The zero-order chi connectivity index (χ0) is 16.8. The highest BCUT2D eigenvalue weighted by Gasteiger charge is 2.15. The Bertz CT molecular complexity index is 334. The first kappa shape index (κ1) is 21.6. The van der Waals surface area contributed by atoms with Gasteiger partial charge in [0.15, 0.2) is 0 Å². The van der Waals surface area contributed by atoms with Gasteiger partial charge in [0.25, 0.3) is 0 Å². The molecule has 0 radical (unpaired) electrons. The quantitative estimate of drug-likeness (QED) is 0.554. The molecule has 0 heterocycles. The van der Waals surface area contributed by atoms with E-state index in [1.165, 1.54) is 0 Å². The number of esters is 4. The third-order valence-electron chi connectivity index (χ3n) is 2.49. The van der Waals surface area contributed by atoms with Gasteiger partial charge >= 0.3 is 23.9 Å². The molecule has 0 amide bonds. The van der Waals surface area contributed by atoms with Crippen LogP contribution in [-0.2, 0) is 28.7 Å². The van der Waals surface area contributed by atoms with Crippen LogP contribution in [0.25, 0.3) is 0 Å². The van der Waals surface area contributed by atoms with Gasteiger partial charge in [-0.1, -0.05) is 34.6 Å². The fourth-order valence-electron chi connectivity index (χ4n) is 0.906. The van der Waals surface area contributed by atoms with Crippen LogP contribution in [0.2, 0.25) is 0 Å². The van der Waals surface area contributed by atoms with E-state index in [0.29, 0.717) is 19.3 Å². The summed E-state index contributed by atoms with van der Waals surface area (Å²) >= 11 is 0. The second kappa shape index (κ2) is 13.3. The van der Waals surface area contributed by atoms with Crippen LogP contribution < -0.4 is 0 Å². The van der Waals surface area contributed by atoms with Crippen molar-refractivity contribution in [3.8, 4) is 0 Å². The minimum absolute atomic E-state index is 0.175. The molecule has 0 fully saturated rings. The van der Waals surface area contributed by atoms with E-state index < -0.39 is 23.9 Å². The molecule has 1 unspecified atom stereocenters. The number of hydrogen-bond acceptors (Lipinski definition) is 6. The van der Waals surface area contributed by atoms with E-state index in [1.807, 2.05) is 13.8 Å². The second-order valence-electron chi connectivity index (χ2n) is 4.41. The Balaban J connectivity index is 0. The molecular formula is C15H26O6. The van der Waals surface area contributed by atoms with Gasteiger partial charge in [-0.15, -0.1) is 0 Å². The Labute approximate surface area is 126 Å². The Morgan fingerprint density at radius 3 is 1.62 bits per heavy atom. The molecule has 21 heavy (non-hydrogen) atoms. The highest BCUT2D eigenvalue weighted by Crippen LogP contribution is 2.04. The minimum Gasteiger partial charge on any atom is -0.393 e. The van der Waals surface area contributed by atoms with Crippen molar-refractivity contribution in [3.05, 3.63) is 0 Å². The van der Waals surface area contributed by atoms with Gasteiger partial charge in [0.05, 0.1) is 5.92 Å². The van der Waals surface area contributed by atoms with Crippen molar-refractivity contribution in [2.45, 2.75) is 66.7 Å². The van der Waals surface area contributed by atoms with E-state index in [9.17, 15) is 19.2 Å². The molecule has 0 aromatic carbocycles. The number of rotatable bonds is 6. The normalized spacial score (nSPS) is 10.7. The fourth-order valence-corrected chi connectivity index (χ4v) is 0.906. The van der Waals surface area contributed by atoms with E-state index in [-0.39, 0.29) is 18.8 Å². The van der Waals surface area contributed by atoms with Crippen LogP contribution >= 0.6 is 0 Å². The van der Waals surface area contributed by atoms with Gasteiger partial charge in [-0.25, -0.2) is 0 Å². The summed E-state index contributed by atoms with van der Waals surface area (Å²) in [6.07, 6.45) is 2.25. The monoisotopic (exact) mass is 302 g/mol. The van der Waals surface area contributed by atoms with Crippen LogP contribution in [0, 0.1) is 5.92 Å². The molecule has 0 saturated carbocycles. The van der Waals surface area contributed by atoms with Crippen LogP contribution in [0.4, 0.5) is 0 Å². The third kappa shape index (κ3) is 13.0. The highest BCUT2D eigenvalue weighted by atomic mass is 16.6. The molecule has 0 spiro atoms. The molecule has 1 atom stereocenters. The highest BCUT2D eigenvalue weighted by molar-refractivity contribution is 5.86. The first-order chi connectivity index (χ1) is 9.81. The predicted molar refractivity (Wildman–Crippen MR) is 77.1 cm³/mol. The zero-order valence-corrected chi connectivity index (χ0v) is 13.6. The number of carbonyl (C=O) groups excluding carboxylic acids is 4. The van der Waals surface area contributed by atoms with Gasteiger partial charge in [-0.2, -0.15) is 0 Å². The number of hydrogen-bond donors (Lipinski definition) is 0. The Morgan fingerprint density at radius 2 is 1.29 bits per heavy atom. The van der Waals surface area contributed by atoms with Gasteiger partial charge in [0, 0.05) is 19.3 Å². The molecule has 0 N–H and O–H groups in total. The van der Waals surface area contributed by atoms with Crippen molar-refractivity contribution in [1.82, 2.24) is 0 Å². The molecule has 6 nitrogen and oxygen atoms in total. The smallest absolute Gasteiger partial charge is 0.316 e. The molecule has 0 aliphatic carbocycles. The standard InChI is InChI=1S/C9H16O3.C6H10O3/c1-4-6-8(10)12-9(11)7(3)5-2;1-3-5(7)9-6(8)4-2/h7H,4-6H2,1-3H3;3-4H2,1-2H3. The topological polar surface area (TPSA) is 86.7 Å². The summed E-state index contributed by atoms with van der Waals surface area (Å²) in [6.45, 7) is 8.79. The second-order valence-corrected chi connectivity index (χ2v) is 4.41. The van der Waals surface area contributed by atoms with Crippen molar-refractivity contribution < 1.29 is 28.7 Å². The lowest BCUT2D eigenvalue weighted by molar-refractivity contribution is -0.163. The van der Waals surface area contributed by atoms with Gasteiger partial charge in [0.1, 0.15) is 0 Å². The van der Waals surface area contributed by atoms with Crippen LogP contribution in [0.3, 0.4) is 0 Å². The van der Waals surface area contributed by atoms with Crippen molar-refractivity contribution in [1.29, 1.82) is 0 Å². The van der Waals surface area contributed by atoms with Gasteiger partial charge in [-0.05, 0) is 12.8 Å². The van der Waals surface area contributed by atoms with Gasteiger partial charge < -0.3 is 9.47 Å². The minimum atomic E-state index is -0.457. The number of ether oxygens (including phenoxy) is 2. The predicted octanol–water partition coefficient (Wildman–Crippen LogP) is 2.78. The molecule has 0 saturated heterocycles.